The Balaban J connectivity index is 1.39. The summed E-state index contributed by atoms with van der Waals surface area (Å²) < 4.78 is 13.8. The lowest BCUT2D eigenvalue weighted by atomic mass is 9.95. The van der Waals surface area contributed by atoms with E-state index in [4.69, 9.17) is 9.47 Å². The Morgan fingerprint density at radius 3 is 2.59 bits per heavy atom. The van der Waals surface area contributed by atoms with Crippen LogP contribution in [0.5, 0.6) is 5.75 Å². The highest BCUT2D eigenvalue weighted by molar-refractivity contribution is 9.10. The highest BCUT2D eigenvalue weighted by Gasteiger charge is 2.32. The molecule has 0 aliphatic carbocycles. The first-order chi connectivity index (χ1) is 16.4. The number of urea groups is 1. The van der Waals surface area contributed by atoms with E-state index in [1.807, 2.05) is 42.6 Å². The minimum absolute atomic E-state index is 0.247. The van der Waals surface area contributed by atoms with Crippen molar-refractivity contribution in [3.63, 3.8) is 0 Å². The van der Waals surface area contributed by atoms with E-state index in [0.29, 0.717) is 29.3 Å². The van der Waals surface area contributed by atoms with E-state index in [0.717, 1.165) is 15.6 Å². The zero-order chi connectivity index (χ0) is 24.1. The molecule has 34 heavy (non-hydrogen) atoms. The van der Waals surface area contributed by atoms with Gasteiger partial charge in [0.15, 0.2) is 0 Å². The first kappa shape index (κ1) is 23.5. The number of nitrogens with zero attached hydrogens (tertiary/aromatic N) is 3. The number of carbonyl (C=O) groups excluding carboxylic acids is 2. The Morgan fingerprint density at radius 1 is 1.15 bits per heavy atom. The Kier molecular flexibility index (Phi) is 7.27. The van der Waals surface area contributed by atoms with Crippen LogP contribution in [-0.2, 0) is 22.7 Å². The molecule has 1 aromatic heterocycles. The molecule has 1 aliphatic heterocycles. The standard InChI is InChI=1S/C24H24BrN5O4/c1-3-33-23(31)21-15(2)26-24(32)27-22(21)17-6-10-20(11-7-17)34-14-19-13-30(29-28-19)12-16-4-8-18(25)9-5-16/h4-11,13,22H,3,12,14H2,1-2H3,(H2,26,27,32). The van der Waals surface area contributed by atoms with Crippen LogP contribution >= 0.6 is 15.9 Å². The van der Waals surface area contributed by atoms with E-state index >= 15 is 0 Å². The zero-order valence-corrected chi connectivity index (χ0v) is 20.3. The largest absolute Gasteiger partial charge is 0.487 e. The fraction of sp³-hybridized carbons (Fsp3) is 0.250. The summed E-state index contributed by atoms with van der Waals surface area (Å²) in [5.41, 5.74) is 3.41. The molecular weight excluding hydrogens is 502 g/mol. The fourth-order valence-corrected chi connectivity index (χ4v) is 3.86. The molecule has 2 N–H and O–H groups in total. The van der Waals surface area contributed by atoms with Gasteiger partial charge in [0.1, 0.15) is 18.1 Å². The number of halogens is 1. The van der Waals surface area contributed by atoms with E-state index in [1.54, 1.807) is 30.7 Å². The summed E-state index contributed by atoms with van der Waals surface area (Å²) in [5, 5.41) is 13.7. The number of amides is 2. The molecule has 4 rings (SSSR count). The number of aromatic nitrogens is 3. The third-order valence-electron chi connectivity index (χ3n) is 5.21. The van der Waals surface area contributed by atoms with Crippen molar-refractivity contribution in [3.8, 4) is 5.75 Å². The maximum atomic E-state index is 12.4. The van der Waals surface area contributed by atoms with Gasteiger partial charge in [-0.05, 0) is 49.2 Å². The number of hydrogen-bond donors (Lipinski definition) is 2. The molecule has 2 heterocycles. The number of carbonyl (C=O) groups is 2. The number of hydrogen-bond acceptors (Lipinski definition) is 6. The summed E-state index contributed by atoms with van der Waals surface area (Å²) in [6.45, 7) is 4.54. The summed E-state index contributed by atoms with van der Waals surface area (Å²) >= 11 is 3.43. The van der Waals surface area contributed by atoms with E-state index in [9.17, 15) is 9.59 Å². The molecule has 0 bridgehead atoms. The monoisotopic (exact) mass is 525 g/mol. The minimum atomic E-state index is -0.611. The van der Waals surface area contributed by atoms with Gasteiger partial charge < -0.3 is 20.1 Å². The number of rotatable bonds is 8. The predicted octanol–water partition coefficient (Wildman–Crippen LogP) is 3.86. The second-order valence-corrected chi connectivity index (χ2v) is 8.60. The van der Waals surface area contributed by atoms with Crippen molar-refractivity contribution in [1.82, 2.24) is 25.6 Å². The Hall–Kier alpha value is -3.66. The molecule has 1 unspecified atom stereocenters. The molecule has 2 amide bonds. The van der Waals surface area contributed by atoms with Crippen LogP contribution in [0.15, 0.2) is 70.5 Å². The van der Waals surface area contributed by atoms with Crippen molar-refractivity contribution in [2.45, 2.75) is 33.0 Å². The van der Waals surface area contributed by atoms with Gasteiger partial charge in [0.25, 0.3) is 0 Å². The third-order valence-corrected chi connectivity index (χ3v) is 5.74. The average Bonchev–Trinajstić information content (AvgIpc) is 3.26. The molecule has 3 aromatic rings. The molecule has 9 nitrogen and oxygen atoms in total. The van der Waals surface area contributed by atoms with Gasteiger partial charge in [-0.3, -0.25) is 0 Å². The van der Waals surface area contributed by atoms with Gasteiger partial charge in [0, 0.05) is 10.2 Å². The summed E-state index contributed by atoms with van der Waals surface area (Å²) in [6, 6.07) is 14.2. The van der Waals surface area contributed by atoms with Crippen LogP contribution in [0.25, 0.3) is 0 Å². The van der Waals surface area contributed by atoms with Crippen LogP contribution in [0.2, 0.25) is 0 Å². The number of nitrogens with one attached hydrogen (secondary N) is 2. The number of esters is 1. The molecule has 1 aliphatic rings. The first-order valence-electron chi connectivity index (χ1n) is 10.7. The molecule has 0 radical (unpaired) electrons. The van der Waals surface area contributed by atoms with Gasteiger partial charge in [-0.1, -0.05) is 45.4 Å². The molecule has 0 fully saturated rings. The lowest BCUT2D eigenvalue weighted by Crippen LogP contribution is -2.45. The van der Waals surface area contributed by atoms with E-state index in [1.165, 1.54) is 0 Å². The van der Waals surface area contributed by atoms with E-state index in [-0.39, 0.29) is 19.2 Å². The van der Waals surface area contributed by atoms with Gasteiger partial charge in [-0.15, -0.1) is 5.10 Å². The fourth-order valence-electron chi connectivity index (χ4n) is 3.60. The van der Waals surface area contributed by atoms with Gasteiger partial charge in [0.2, 0.25) is 0 Å². The van der Waals surface area contributed by atoms with Gasteiger partial charge in [-0.2, -0.15) is 0 Å². The summed E-state index contributed by atoms with van der Waals surface area (Å²) in [6.07, 6.45) is 1.85. The molecule has 0 spiro atoms. The Bertz CT molecular complexity index is 1200. The maximum absolute atomic E-state index is 12.4. The molecular formula is C24H24BrN5O4. The van der Waals surface area contributed by atoms with Crippen molar-refractivity contribution >= 4 is 27.9 Å². The molecule has 176 valence electrons. The topological polar surface area (TPSA) is 107 Å². The second kappa shape index (κ2) is 10.5. The normalized spacial score (nSPS) is 15.5. The molecule has 0 saturated heterocycles. The number of benzene rings is 2. The smallest absolute Gasteiger partial charge is 0.338 e. The SMILES string of the molecule is CCOC(=O)C1=C(C)NC(=O)NC1c1ccc(OCc2cn(Cc3ccc(Br)cc3)nn2)cc1. The highest BCUT2D eigenvalue weighted by atomic mass is 79.9. The van der Waals surface area contributed by atoms with Crippen LogP contribution in [-0.4, -0.2) is 33.6 Å². The van der Waals surface area contributed by atoms with Crippen molar-refractivity contribution in [1.29, 1.82) is 0 Å². The lowest BCUT2D eigenvalue weighted by Gasteiger charge is -2.28. The van der Waals surface area contributed by atoms with Crippen LogP contribution in [0.1, 0.15) is 36.7 Å². The summed E-state index contributed by atoms with van der Waals surface area (Å²) in [7, 11) is 0. The zero-order valence-electron chi connectivity index (χ0n) is 18.7. The second-order valence-electron chi connectivity index (χ2n) is 7.68. The molecule has 1 atom stereocenters. The van der Waals surface area contributed by atoms with Crippen LogP contribution < -0.4 is 15.4 Å². The van der Waals surface area contributed by atoms with Crippen LogP contribution in [0, 0.1) is 0 Å². The Morgan fingerprint density at radius 2 is 1.88 bits per heavy atom. The van der Waals surface area contributed by atoms with Gasteiger partial charge in [0.05, 0.1) is 31.0 Å². The van der Waals surface area contributed by atoms with Crippen molar-refractivity contribution in [2.75, 3.05) is 6.61 Å². The number of ether oxygens (including phenoxy) is 2. The van der Waals surface area contributed by atoms with Crippen LogP contribution in [0.3, 0.4) is 0 Å². The molecule has 0 saturated carbocycles. The van der Waals surface area contributed by atoms with E-state index < -0.39 is 12.0 Å². The predicted molar refractivity (Wildman–Crippen MR) is 128 cm³/mol. The molecule has 10 heteroatoms. The first-order valence-corrected chi connectivity index (χ1v) is 11.5. The lowest BCUT2D eigenvalue weighted by molar-refractivity contribution is -0.139. The van der Waals surface area contributed by atoms with Crippen molar-refractivity contribution < 1.29 is 19.1 Å². The van der Waals surface area contributed by atoms with Crippen LogP contribution in [0.4, 0.5) is 4.79 Å². The summed E-state index contributed by atoms with van der Waals surface area (Å²) in [5.74, 6) is 0.161. The third kappa shape index (κ3) is 5.63. The Labute approximate surface area is 205 Å². The molecule has 2 aromatic carbocycles. The minimum Gasteiger partial charge on any atom is -0.487 e. The van der Waals surface area contributed by atoms with E-state index in [2.05, 4.69) is 36.9 Å². The quantitative estimate of drug-likeness (QED) is 0.432. The average molecular weight is 526 g/mol. The number of allylic oxidation sites excluding steroid dienone is 1. The van der Waals surface area contributed by atoms with Gasteiger partial charge >= 0.3 is 12.0 Å². The van der Waals surface area contributed by atoms with Gasteiger partial charge in [-0.25, -0.2) is 14.3 Å². The maximum Gasteiger partial charge on any atom is 0.338 e. The van der Waals surface area contributed by atoms with Crippen molar-refractivity contribution in [2.24, 2.45) is 0 Å². The van der Waals surface area contributed by atoms with Crippen molar-refractivity contribution in [3.05, 3.63) is 87.3 Å². The highest BCUT2D eigenvalue weighted by Crippen LogP contribution is 2.29. The summed E-state index contributed by atoms with van der Waals surface area (Å²) in [4.78, 5) is 24.4.